The minimum atomic E-state index is -0.447. The molecule has 7 heteroatoms. The number of rotatable bonds is 9. The first-order chi connectivity index (χ1) is 13.2. The second kappa shape index (κ2) is 10.3. The molecule has 0 saturated carbocycles. The molecular formula is C20H19N3O4. The van der Waals surface area contributed by atoms with Gasteiger partial charge in [0.25, 0.3) is 5.91 Å². The maximum absolute atomic E-state index is 11.8. The van der Waals surface area contributed by atoms with Crippen molar-refractivity contribution in [2.75, 3.05) is 20.3 Å². The molecule has 0 aliphatic rings. The first kappa shape index (κ1) is 19.5. The van der Waals surface area contributed by atoms with Crippen LogP contribution in [0.25, 0.3) is 0 Å². The lowest BCUT2D eigenvalue weighted by Gasteiger charge is -2.09. The summed E-state index contributed by atoms with van der Waals surface area (Å²) in [6.07, 6.45) is 3.11. The normalized spacial score (nSPS) is 10.1. The van der Waals surface area contributed by atoms with Gasteiger partial charge in [-0.25, -0.2) is 5.43 Å². The highest BCUT2D eigenvalue weighted by atomic mass is 16.5. The molecule has 1 amide bonds. The maximum Gasteiger partial charge on any atom is 0.277 e. The van der Waals surface area contributed by atoms with Gasteiger partial charge in [0.05, 0.1) is 18.9 Å². The van der Waals surface area contributed by atoms with Crippen molar-refractivity contribution in [3.05, 3.63) is 66.2 Å². The molecule has 0 saturated heterocycles. The Morgan fingerprint density at radius 2 is 2.04 bits per heavy atom. The third-order valence-corrected chi connectivity index (χ3v) is 3.31. The fraction of sp³-hybridized carbons (Fsp3) is 0.150. The zero-order valence-electron chi connectivity index (χ0n) is 14.8. The van der Waals surface area contributed by atoms with Gasteiger partial charge in [-0.3, -0.25) is 4.79 Å². The Labute approximate surface area is 157 Å². The second-order valence-corrected chi connectivity index (χ2v) is 5.20. The molecule has 0 aliphatic heterocycles. The molecule has 0 heterocycles. The van der Waals surface area contributed by atoms with Crippen LogP contribution in [0.5, 0.6) is 17.2 Å². The molecular weight excluding hydrogens is 346 g/mol. The van der Waals surface area contributed by atoms with Crippen molar-refractivity contribution < 1.29 is 19.0 Å². The topological polar surface area (TPSA) is 92.9 Å². The van der Waals surface area contributed by atoms with E-state index in [4.69, 9.17) is 19.5 Å². The van der Waals surface area contributed by atoms with Gasteiger partial charge in [-0.05, 0) is 35.9 Å². The van der Waals surface area contributed by atoms with Crippen molar-refractivity contribution in [3.63, 3.8) is 0 Å². The Kier molecular flexibility index (Phi) is 7.42. The summed E-state index contributed by atoms with van der Waals surface area (Å²) in [6.45, 7) is 3.71. The highest BCUT2D eigenvalue weighted by Gasteiger charge is 2.06. The molecule has 1 N–H and O–H groups in total. The second-order valence-electron chi connectivity index (χ2n) is 5.20. The van der Waals surface area contributed by atoms with Gasteiger partial charge in [0, 0.05) is 0 Å². The molecule has 138 valence electrons. The van der Waals surface area contributed by atoms with E-state index in [0.29, 0.717) is 35.0 Å². The summed E-state index contributed by atoms with van der Waals surface area (Å²) in [6, 6.07) is 13.9. The monoisotopic (exact) mass is 365 g/mol. The molecule has 2 aromatic rings. The van der Waals surface area contributed by atoms with Gasteiger partial charge < -0.3 is 14.2 Å². The number of methoxy groups -OCH3 is 1. The molecule has 27 heavy (non-hydrogen) atoms. The van der Waals surface area contributed by atoms with Crippen molar-refractivity contribution >= 4 is 12.1 Å². The van der Waals surface area contributed by atoms with Crippen LogP contribution in [0.1, 0.15) is 11.1 Å². The van der Waals surface area contributed by atoms with Gasteiger partial charge in [0.2, 0.25) is 0 Å². The number of nitriles is 1. The fourth-order valence-corrected chi connectivity index (χ4v) is 2.07. The predicted octanol–water partition coefficient (Wildman–Crippen LogP) is 2.66. The third-order valence-electron chi connectivity index (χ3n) is 3.31. The van der Waals surface area contributed by atoms with Crippen molar-refractivity contribution in [3.8, 4) is 23.3 Å². The molecule has 0 atom stereocenters. The van der Waals surface area contributed by atoms with E-state index in [1.165, 1.54) is 13.3 Å². The minimum Gasteiger partial charge on any atom is -0.493 e. The fourth-order valence-electron chi connectivity index (χ4n) is 2.07. The Bertz CT molecular complexity index is 872. The Balaban J connectivity index is 1.90. The Morgan fingerprint density at radius 1 is 1.22 bits per heavy atom. The molecule has 0 aliphatic carbocycles. The van der Waals surface area contributed by atoms with E-state index in [2.05, 4.69) is 17.1 Å². The van der Waals surface area contributed by atoms with Crippen LogP contribution in [0.4, 0.5) is 0 Å². The molecule has 0 aromatic heterocycles. The highest BCUT2D eigenvalue weighted by Crippen LogP contribution is 2.27. The van der Waals surface area contributed by atoms with Crippen LogP contribution < -0.4 is 19.6 Å². The average molecular weight is 365 g/mol. The number of hydrogen-bond donors (Lipinski definition) is 1. The number of hydrazone groups is 1. The summed E-state index contributed by atoms with van der Waals surface area (Å²) < 4.78 is 16.1. The smallest absolute Gasteiger partial charge is 0.277 e. The van der Waals surface area contributed by atoms with E-state index in [0.717, 1.165) is 0 Å². The van der Waals surface area contributed by atoms with Crippen LogP contribution in [0.3, 0.4) is 0 Å². The van der Waals surface area contributed by atoms with Crippen LogP contribution >= 0.6 is 0 Å². The first-order valence-corrected chi connectivity index (χ1v) is 8.03. The van der Waals surface area contributed by atoms with E-state index in [-0.39, 0.29) is 6.61 Å². The Hall–Kier alpha value is -3.79. The molecule has 0 fully saturated rings. The first-order valence-electron chi connectivity index (χ1n) is 8.03. The van der Waals surface area contributed by atoms with Crippen molar-refractivity contribution in [1.29, 1.82) is 5.26 Å². The summed E-state index contributed by atoms with van der Waals surface area (Å²) in [4.78, 5) is 11.8. The third kappa shape index (κ3) is 5.90. The molecule has 7 nitrogen and oxygen atoms in total. The van der Waals surface area contributed by atoms with Crippen LogP contribution in [-0.4, -0.2) is 32.4 Å². The highest BCUT2D eigenvalue weighted by molar-refractivity contribution is 5.83. The molecule has 0 unspecified atom stereocenters. The van der Waals surface area contributed by atoms with E-state index < -0.39 is 5.91 Å². The van der Waals surface area contributed by atoms with Crippen LogP contribution in [0.15, 0.2) is 60.2 Å². The van der Waals surface area contributed by atoms with Crippen LogP contribution in [0, 0.1) is 11.3 Å². The van der Waals surface area contributed by atoms with Gasteiger partial charge >= 0.3 is 0 Å². The predicted molar refractivity (Wildman–Crippen MR) is 101 cm³/mol. The molecule has 2 rings (SSSR count). The lowest BCUT2D eigenvalue weighted by atomic mass is 10.2. The number of ether oxygens (including phenoxy) is 3. The number of benzene rings is 2. The van der Waals surface area contributed by atoms with E-state index >= 15 is 0 Å². The van der Waals surface area contributed by atoms with Crippen LogP contribution in [0.2, 0.25) is 0 Å². The van der Waals surface area contributed by atoms with Gasteiger partial charge in [-0.15, -0.1) is 0 Å². The van der Waals surface area contributed by atoms with Crippen molar-refractivity contribution in [2.45, 2.75) is 0 Å². The SMILES string of the molecule is C=CCOc1ccc(/C=N/NC(=O)COc2ccccc2C#N)cc1OC. The number of amides is 1. The Morgan fingerprint density at radius 3 is 2.78 bits per heavy atom. The number of para-hydroxylation sites is 1. The lowest BCUT2D eigenvalue weighted by Crippen LogP contribution is -2.24. The largest absolute Gasteiger partial charge is 0.493 e. The number of hydrogen-bond acceptors (Lipinski definition) is 6. The number of carbonyl (C=O) groups excluding carboxylic acids is 1. The number of nitrogens with one attached hydrogen (secondary N) is 1. The van der Waals surface area contributed by atoms with E-state index in [1.54, 1.807) is 48.5 Å². The van der Waals surface area contributed by atoms with Gasteiger partial charge in [-0.1, -0.05) is 24.8 Å². The zero-order valence-corrected chi connectivity index (χ0v) is 14.8. The van der Waals surface area contributed by atoms with Gasteiger partial charge in [0.15, 0.2) is 18.1 Å². The molecule has 0 spiro atoms. The average Bonchev–Trinajstić information content (AvgIpc) is 2.71. The standard InChI is InChI=1S/C20H19N3O4/c1-3-10-26-18-9-8-15(11-19(18)25-2)13-22-23-20(24)14-27-17-7-5-4-6-16(17)12-21/h3-9,11,13H,1,10,14H2,2H3,(H,23,24)/b22-13+. The summed E-state index contributed by atoms with van der Waals surface area (Å²) in [5.74, 6) is 1.03. The van der Waals surface area contributed by atoms with E-state index in [9.17, 15) is 4.79 Å². The lowest BCUT2D eigenvalue weighted by molar-refractivity contribution is -0.123. The molecule has 2 aromatic carbocycles. The number of carbonyl (C=O) groups is 1. The maximum atomic E-state index is 11.8. The summed E-state index contributed by atoms with van der Waals surface area (Å²) in [5.41, 5.74) is 3.44. The van der Waals surface area contributed by atoms with Gasteiger partial charge in [0.1, 0.15) is 18.4 Å². The van der Waals surface area contributed by atoms with E-state index in [1.807, 2.05) is 6.07 Å². The van der Waals surface area contributed by atoms with Gasteiger partial charge in [-0.2, -0.15) is 10.4 Å². The summed E-state index contributed by atoms with van der Waals surface area (Å²) in [5, 5.41) is 12.9. The molecule has 0 radical (unpaired) electrons. The van der Waals surface area contributed by atoms with Crippen molar-refractivity contribution in [2.24, 2.45) is 5.10 Å². The minimum absolute atomic E-state index is 0.256. The number of nitrogens with zero attached hydrogens (tertiary/aromatic N) is 2. The van der Waals surface area contributed by atoms with Crippen molar-refractivity contribution in [1.82, 2.24) is 5.43 Å². The summed E-state index contributed by atoms with van der Waals surface area (Å²) in [7, 11) is 1.54. The zero-order chi connectivity index (χ0) is 19.5. The molecule has 0 bridgehead atoms. The van der Waals surface area contributed by atoms with Crippen LogP contribution in [-0.2, 0) is 4.79 Å². The summed E-state index contributed by atoms with van der Waals surface area (Å²) >= 11 is 0. The quantitative estimate of drug-likeness (QED) is 0.419.